The number of hydrogen-bond acceptors (Lipinski definition) is 6. The molecule has 0 bridgehead atoms. The first-order valence-corrected chi connectivity index (χ1v) is 8.40. The molecule has 6 nitrogen and oxygen atoms in total. The van der Waals surface area contributed by atoms with Crippen molar-refractivity contribution in [1.29, 1.82) is 0 Å². The van der Waals surface area contributed by atoms with Crippen molar-refractivity contribution in [2.24, 2.45) is 0 Å². The Morgan fingerprint density at radius 3 is 2.46 bits per heavy atom. The number of halogens is 2. The van der Waals surface area contributed by atoms with Gasteiger partial charge in [-0.15, -0.1) is 0 Å². The average Bonchev–Trinajstić information content (AvgIpc) is 2.61. The minimum absolute atomic E-state index is 0.0240. The van der Waals surface area contributed by atoms with Crippen molar-refractivity contribution in [3.63, 3.8) is 0 Å². The van der Waals surface area contributed by atoms with E-state index in [0.717, 1.165) is 0 Å². The fraction of sp³-hybridized carbons (Fsp3) is 0.0556. The van der Waals surface area contributed by atoms with Crippen LogP contribution in [0.5, 0.6) is 0 Å². The van der Waals surface area contributed by atoms with Gasteiger partial charge in [-0.2, -0.15) is 0 Å². The highest BCUT2D eigenvalue weighted by Crippen LogP contribution is 2.32. The van der Waals surface area contributed by atoms with Gasteiger partial charge < -0.3 is 16.4 Å². The van der Waals surface area contributed by atoms with Crippen LogP contribution in [-0.4, -0.2) is 15.8 Å². The molecule has 0 atom stereocenters. The van der Waals surface area contributed by atoms with Gasteiger partial charge >= 0.3 is 0 Å². The molecule has 26 heavy (non-hydrogen) atoms. The van der Waals surface area contributed by atoms with E-state index in [9.17, 15) is 4.79 Å². The standard InChI is InChI=1S/C18H15Cl2N5O/c1-10(26)11-3-2-4-13(7-11)24-17-16(21)18(23-9-22-17)25-15-6-5-12(19)8-14(15)20/h2-9H,21H2,1H3,(H2,22,23,24,25). The molecule has 3 rings (SSSR count). The Bertz CT molecular complexity index is 978. The van der Waals surface area contributed by atoms with Gasteiger partial charge in [-0.1, -0.05) is 35.3 Å². The molecule has 0 amide bonds. The third-order valence-corrected chi connectivity index (χ3v) is 4.15. The summed E-state index contributed by atoms with van der Waals surface area (Å²) in [6, 6.07) is 12.1. The number of hydrogen-bond donors (Lipinski definition) is 3. The summed E-state index contributed by atoms with van der Waals surface area (Å²) in [6.45, 7) is 1.51. The molecule has 3 aromatic rings. The van der Waals surface area contributed by atoms with Crippen molar-refractivity contribution in [2.45, 2.75) is 6.92 Å². The molecule has 0 aliphatic heterocycles. The van der Waals surface area contributed by atoms with Gasteiger partial charge in [0.1, 0.15) is 12.0 Å². The van der Waals surface area contributed by atoms with E-state index in [4.69, 9.17) is 28.9 Å². The van der Waals surface area contributed by atoms with Gasteiger partial charge in [0.2, 0.25) is 0 Å². The van der Waals surface area contributed by atoms with Crippen molar-refractivity contribution in [1.82, 2.24) is 9.97 Å². The molecule has 2 aromatic carbocycles. The predicted molar refractivity (Wildman–Crippen MR) is 106 cm³/mol. The Kier molecular flexibility index (Phi) is 5.25. The van der Waals surface area contributed by atoms with E-state index in [1.165, 1.54) is 13.3 Å². The fourth-order valence-corrected chi connectivity index (χ4v) is 2.72. The van der Waals surface area contributed by atoms with Gasteiger partial charge in [-0.05, 0) is 37.3 Å². The number of nitrogens with two attached hydrogens (primary N) is 1. The van der Waals surface area contributed by atoms with E-state index in [-0.39, 0.29) is 5.78 Å². The number of carbonyl (C=O) groups excluding carboxylic acids is 1. The summed E-state index contributed by atoms with van der Waals surface area (Å²) in [4.78, 5) is 19.8. The molecule has 0 fully saturated rings. The van der Waals surface area contributed by atoms with Crippen LogP contribution in [-0.2, 0) is 0 Å². The first-order chi connectivity index (χ1) is 12.4. The van der Waals surface area contributed by atoms with Gasteiger partial charge in [0.25, 0.3) is 0 Å². The highest BCUT2D eigenvalue weighted by atomic mass is 35.5. The predicted octanol–water partition coefficient (Wildman–Crippen LogP) is 5.06. The molecule has 0 unspecified atom stereocenters. The van der Waals surface area contributed by atoms with Gasteiger partial charge in [-0.3, -0.25) is 4.79 Å². The number of nitrogens with zero attached hydrogens (tertiary/aromatic N) is 2. The Balaban J connectivity index is 1.87. The van der Waals surface area contributed by atoms with Crippen LogP contribution in [0.3, 0.4) is 0 Å². The van der Waals surface area contributed by atoms with Gasteiger partial charge in [0.15, 0.2) is 17.4 Å². The maximum Gasteiger partial charge on any atom is 0.159 e. The second kappa shape index (κ2) is 7.59. The lowest BCUT2D eigenvalue weighted by Gasteiger charge is -2.13. The number of rotatable bonds is 5. The number of carbonyl (C=O) groups is 1. The summed E-state index contributed by atoms with van der Waals surface area (Å²) >= 11 is 12.1. The van der Waals surface area contributed by atoms with E-state index in [1.807, 2.05) is 6.07 Å². The number of nitrogen functional groups attached to an aromatic ring is 1. The van der Waals surface area contributed by atoms with E-state index in [0.29, 0.717) is 44.3 Å². The Hall–Kier alpha value is -2.83. The lowest BCUT2D eigenvalue weighted by Crippen LogP contribution is -2.05. The largest absolute Gasteiger partial charge is 0.393 e. The summed E-state index contributed by atoms with van der Waals surface area (Å²) < 4.78 is 0. The summed E-state index contributed by atoms with van der Waals surface area (Å²) in [7, 11) is 0. The second-order valence-electron chi connectivity index (χ2n) is 5.50. The van der Waals surface area contributed by atoms with Gasteiger partial charge in [0.05, 0.1) is 10.7 Å². The first kappa shape index (κ1) is 18.0. The summed E-state index contributed by atoms with van der Waals surface area (Å²) in [6.07, 6.45) is 1.37. The SMILES string of the molecule is CC(=O)c1cccc(Nc2ncnc(Nc3ccc(Cl)cc3Cl)c2N)c1. The smallest absolute Gasteiger partial charge is 0.159 e. The molecule has 0 spiro atoms. The quantitative estimate of drug-likeness (QED) is 0.530. The van der Waals surface area contributed by atoms with Crippen LogP contribution in [0.25, 0.3) is 0 Å². The third-order valence-electron chi connectivity index (χ3n) is 3.60. The van der Waals surface area contributed by atoms with Crippen molar-refractivity contribution < 1.29 is 4.79 Å². The lowest BCUT2D eigenvalue weighted by molar-refractivity contribution is 0.101. The summed E-state index contributed by atoms with van der Waals surface area (Å²) in [5.74, 6) is 0.784. The first-order valence-electron chi connectivity index (χ1n) is 7.64. The average molecular weight is 388 g/mol. The van der Waals surface area contributed by atoms with Crippen molar-refractivity contribution >= 4 is 57.7 Å². The number of anilines is 5. The molecule has 4 N–H and O–H groups in total. The van der Waals surface area contributed by atoms with Crippen molar-refractivity contribution in [2.75, 3.05) is 16.4 Å². The zero-order chi connectivity index (χ0) is 18.7. The van der Waals surface area contributed by atoms with Crippen molar-refractivity contribution in [3.05, 3.63) is 64.4 Å². The number of aromatic nitrogens is 2. The molecule has 0 aliphatic rings. The maximum atomic E-state index is 11.5. The van der Waals surface area contributed by atoms with E-state index < -0.39 is 0 Å². The van der Waals surface area contributed by atoms with Crippen LogP contribution in [0.15, 0.2) is 48.8 Å². The number of ketones is 1. The molecule has 1 heterocycles. The highest BCUT2D eigenvalue weighted by Gasteiger charge is 2.11. The Morgan fingerprint density at radius 1 is 1.04 bits per heavy atom. The van der Waals surface area contributed by atoms with Crippen LogP contribution in [0.2, 0.25) is 10.0 Å². The second-order valence-corrected chi connectivity index (χ2v) is 6.34. The third kappa shape index (κ3) is 4.04. The van der Waals surface area contributed by atoms with Crippen LogP contribution < -0.4 is 16.4 Å². The molecular formula is C18H15Cl2N5O. The molecule has 1 aromatic heterocycles. The monoisotopic (exact) mass is 387 g/mol. The van der Waals surface area contributed by atoms with Gasteiger partial charge in [0, 0.05) is 16.3 Å². The molecular weight excluding hydrogens is 373 g/mol. The number of Topliss-reactive ketones (excluding diaryl/α,β-unsaturated/α-hetero) is 1. The van der Waals surface area contributed by atoms with Crippen LogP contribution in [0, 0.1) is 0 Å². The molecule has 0 radical (unpaired) electrons. The Labute approximate surface area is 160 Å². The fourth-order valence-electron chi connectivity index (χ4n) is 2.27. The molecule has 8 heteroatoms. The van der Waals surface area contributed by atoms with E-state index >= 15 is 0 Å². The van der Waals surface area contributed by atoms with Gasteiger partial charge in [-0.25, -0.2) is 9.97 Å². The lowest BCUT2D eigenvalue weighted by atomic mass is 10.1. The van der Waals surface area contributed by atoms with E-state index in [1.54, 1.807) is 36.4 Å². The van der Waals surface area contributed by atoms with Crippen molar-refractivity contribution in [3.8, 4) is 0 Å². The minimum Gasteiger partial charge on any atom is -0.393 e. The summed E-state index contributed by atoms with van der Waals surface area (Å²) in [5.41, 5.74) is 8.38. The molecule has 0 aliphatic carbocycles. The summed E-state index contributed by atoms with van der Waals surface area (Å²) in [5, 5.41) is 7.13. The molecule has 132 valence electrons. The van der Waals surface area contributed by atoms with Crippen LogP contribution in [0.4, 0.5) is 28.7 Å². The maximum absolute atomic E-state index is 11.5. The van der Waals surface area contributed by atoms with E-state index in [2.05, 4.69) is 20.6 Å². The normalized spacial score (nSPS) is 10.4. The zero-order valence-electron chi connectivity index (χ0n) is 13.8. The van der Waals surface area contributed by atoms with Crippen LogP contribution >= 0.6 is 23.2 Å². The Morgan fingerprint density at radius 2 is 1.77 bits per heavy atom. The number of nitrogens with one attached hydrogen (secondary N) is 2. The molecule has 0 saturated heterocycles. The molecule has 0 saturated carbocycles. The highest BCUT2D eigenvalue weighted by molar-refractivity contribution is 6.36. The zero-order valence-corrected chi connectivity index (χ0v) is 15.3. The number of benzene rings is 2. The van der Waals surface area contributed by atoms with Crippen LogP contribution in [0.1, 0.15) is 17.3 Å². The topological polar surface area (TPSA) is 92.9 Å². The minimum atomic E-state index is -0.0240.